The molecular weight excluding hydrogens is 510 g/mol. The number of halogens is 1. The summed E-state index contributed by atoms with van der Waals surface area (Å²) >= 11 is 7.93. The van der Waals surface area contributed by atoms with Gasteiger partial charge in [0.1, 0.15) is 21.8 Å². The van der Waals surface area contributed by atoms with Crippen molar-refractivity contribution in [3.05, 3.63) is 71.4 Å². The Morgan fingerprint density at radius 2 is 1.97 bits per heavy atom. The summed E-state index contributed by atoms with van der Waals surface area (Å²) in [5.41, 5.74) is 8.36. The number of aromatic nitrogens is 1. The molecule has 10 heteroatoms. The molecule has 3 aromatic rings. The fourth-order valence-electron chi connectivity index (χ4n) is 5.21. The molecule has 0 radical (unpaired) electrons. The van der Waals surface area contributed by atoms with Gasteiger partial charge < -0.3 is 21.1 Å². The molecule has 3 amide bonds. The lowest BCUT2D eigenvalue weighted by Crippen LogP contribution is -2.54. The molecule has 1 aliphatic carbocycles. The van der Waals surface area contributed by atoms with E-state index in [1.54, 1.807) is 35.4 Å². The van der Waals surface area contributed by atoms with Crippen molar-refractivity contribution in [1.29, 1.82) is 0 Å². The minimum Gasteiger partial charge on any atom is -0.456 e. The van der Waals surface area contributed by atoms with Gasteiger partial charge in [-0.25, -0.2) is 9.78 Å². The van der Waals surface area contributed by atoms with E-state index in [9.17, 15) is 9.59 Å². The molecule has 0 saturated heterocycles. The van der Waals surface area contributed by atoms with Crippen LogP contribution in [0.4, 0.5) is 16.2 Å². The average Bonchev–Trinajstić information content (AvgIpc) is 3.27. The topological polar surface area (TPSA) is 110 Å². The molecule has 8 nitrogen and oxygen atoms in total. The number of nitrogens with one attached hydrogen (secondary N) is 2. The van der Waals surface area contributed by atoms with Crippen LogP contribution in [0.5, 0.6) is 11.5 Å². The summed E-state index contributed by atoms with van der Waals surface area (Å²) in [7, 11) is 0. The number of hydrogen-bond acceptors (Lipinski definition) is 6. The Morgan fingerprint density at radius 1 is 1.16 bits per heavy atom. The van der Waals surface area contributed by atoms with E-state index in [1.807, 2.05) is 30.3 Å². The lowest BCUT2D eigenvalue weighted by atomic mass is 9.90. The quantitative estimate of drug-likeness (QED) is 0.409. The van der Waals surface area contributed by atoms with Crippen molar-refractivity contribution in [2.45, 2.75) is 54.1 Å². The maximum Gasteiger partial charge on any atom is 0.327 e. The number of carbonyl (C=O) groups excluding carboxylic acids is 2. The largest absolute Gasteiger partial charge is 0.456 e. The summed E-state index contributed by atoms with van der Waals surface area (Å²) in [5, 5.41) is 6.76. The normalized spacial score (nSPS) is 24.3. The lowest BCUT2D eigenvalue weighted by molar-refractivity contribution is -0.122. The van der Waals surface area contributed by atoms with Crippen LogP contribution in [0.3, 0.4) is 0 Å². The molecule has 3 heterocycles. The molecule has 37 heavy (non-hydrogen) atoms. The zero-order valence-corrected chi connectivity index (χ0v) is 21.5. The number of para-hydroxylation sites is 1. The number of pyridine rings is 1. The van der Waals surface area contributed by atoms with Crippen molar-refractivity contribution in [3.63, 3.8) is 0 Å². The van der Waals surface area contributed by atoms with Crippen molar-refractivity contribution in [2.75, 3.05) is 4.90 Å². The number of nitrogens with two attached hydrogens (primary N) is 1. The fraction of sp³-hybridized carbons (Fsp3) is 0.296. The molecule has 190 valence electrons. The van der Waals surface area contributed by atoms with Gasteiger partial charge in [0.2, 0.25) is 5.91 Å². The molecule has 3 aliphatic rings. The first-order chi connectivity index (χ1) is 18.0. The Hall–Kier alpha value is -3.27. The van der Waals surface area contributed by atoms with Crippen LogP contribution in [0.2, 0.25) is 5.02 Å². The molecule has 2 unspecified atom stereocenters. The third-order valence-electron chi connectivity index (χ3n) is 7.06. The molecule has 1 aromatic heterocycles. The minimum absolute atomic E-state index is 0.0461. The standard InChI is InChI=1S/C27H26ClN5O3S/c28-17-14-15(10-11-21(17)36-16-6-2-1-3-7-16)33-20-12-13-30-26-22(20)23(32-27(33)35)24(37-26)25(34)31-19-9-5-4-8-18(19)29/h1-3,6-7,10-14,18-19,23-24H,4-5,8-9,29H2,(H,31,34)(H,32,35)/t18-,19+,23?,24?/m0/s1. The third kappa shape index (κ3) is 4.52. The first kappa shape index (κ1) is 24.1. The number of ether oxygens (including phenoxy) is 1. The first-order valence-corrected chi connectivity index (χ1v) is 13.6. The van der Waals surface area contributed by atoms with E-state index in [1.165, 1.54) is 11.8 Å². The maximum atomic E-state index is 13.4. The summed E-state index contributed by atoms with van der Waals surface area (Å²) in [5.74, 6) is 1.03. The molecule has 0 spiro atoms. The molecule has 1 fully saturated rings. The van der Waals surface area contributed by atoms with Crippen molar-refractivity contribution < 1.29 is 14.3 Å². The van der Waals surface area contributed by atoms with Crippen molar-refractivity contribution >= 4 is 46.7 Å². The number of hydrogen-bond donors (Lipinski definition) is 3. The van der Waals surface area contributed by atoms with Gasteiger partial charge in [-0.1, -0.05) is 54.4 Å². The van der Waals surface area contributed by atoms with Gasteiger partial charge >= 0.3 is 6.03 Å². The number of amides is 3. The number of carbonyl (C=O) groups is 2. The Bertz CT molecular complexity index is 1360. The number of rotatable bonds is 5. The van der Waals surface area contributed by atoms with Crippen LogP contribution < -0.4 is 26.0 Å². The number of nitrogens with zero attached hydrogens (tertiary/aromatic N) is 2. The molecule has 2 aliphatic heterocycles. The van der Waals surface area contributed by atoms with Crippen LogP contribution in [0.1, 0.15) is 37.3 Å². The Labute approximate surface area is 223 Å². The van der Waals surface area contributed by atoms with Gasteiger partial charge in [0, 0.05) is 23.8 Å². The molecule has 6 rings (SSSR count). The van der Waals surface area contributed by atoms with E-state index < -0.39 is 11.3 Å². The van der Waals surface area contributed by atoms with E-state index >= 15 is 0 Å². The number of benzene rings is 2. The molecular formula is C27H26ClN5O3S. The summed E-state index contributed by atoms with van der Waals surface area (Å²) in [6.45, 7) is 0. The zero-order valence-electron chi connectivity index (χ0n) is 19.9. The molecule has 1 saturated carbocycles. The Kier molecular flexibility index (Phi) is 6.44. The minimum atomic E-state index is -0.519. The molecule has 0 bridgehead atoms. The average molecular weight is 536 g/mol. The summed E-state index contributed by atoms with van der Waals surface area (Å²) in [6.07, 6.45) is 5.57. The smallest absolute Gasteiger partial charge is 0.327 e. The SMILES string of the molecule is N[C@H]1CCCC[C@H]1NC(=O)C1Sc2nccc3c2C1NC(=O)N3c1ccc(Oc2ccccc2)c(Cl)c1. The Balaban J connectivity index is 1.27. The van der Waals surface area contributed by atoms with E-state index in [0.29, 0.717) is 27.9 Å². The van der Waals surface area contributed by atoms with Gasteiger partial charge in [-0.2, -0.15) is 0 Å². The van der Waals surface area contributed by atoms with E-state index in [2.05, 4.69) is 15.6 Å². The highest BCUT2D eigenvalue weighted by molar-refractivity contribution is 8.01. The van der Waals surface area contributed by atoms with Crippen LogP contribution in [0, 0.1) is 0 Å². The maximum absolute atomic E-state index is 13.4. The van der Waals surface area contributed by atoms with Crippen LogP contribution in [0.25, 0.3) is 0 Å². The monoisotopic (exact) mass is 535 g/mol. The Morgan fingerprint density at radius 3 is 2.76 bits per heavy atom. The summed E-state index contributed by atoms with van der Waals surface area (Å²) in [4.78, 5) is 32.8. The van der Waals surface area contributed by atoms with E-state index in [0.717, 1.165) is 36.3 Å². The predicted molar refractivity (Wildman–Crippen MR) is 144 cm³/mol. The highest BCUT2D eigenvalue weighted by Gasteiger charge is 2.47. The second kappa shape index (κ2) is 9.89. The van der Waals surface area contributed by atoms with Crippen molar-refractivity contribution in [3.8, 4) is 11.5 Å². The highest BCUT2D eigenvalue weighted by Crippen LogP contribution is 2.51. The molecule has 4 atom stereocenters. The lowest BCUT2D eigenvalue weighted by Gasteiger charge is -2.35. The van der Waals surface area contributed by atoms with Gasteiger partial charge in [0.25, 0.3) is 0 Å². The fourth-order valence-corrected chi connectivity index (χ4v) is 6.66. The second-order valence-electron chi connectivity index (χ2n) is 9.44. The van der Waals surface area contributed by atoms with Crippen LogP contribution in [-0.4, -0.2) is 34.3 Å². The molecule has 2 aromatic carbocycles. The number of anilines is 2. The number of thioether (sulfide) groups is 1. The van der Waals surface area contributed by atoms with Gasteiger partial charge in [-0.05, 0) is 49.2 Å². The predicted octanol–water partition coefficient (Wildman–Crippen LogP) is 5.29. The highest BCUT2D eigenvalue weighted by atomic mass is 35.5. The number of urea groups is 1. The van der Waals surface area contributed by atoms with Crippen LogP contribution >= 0.6 is 23.4 Å². The first-order valence-electron chi connectivity index (χ1n) is 12.3. The third-order valence-corrected chi connectivity index (χ3v) is 8.64. The molecule has 4 N–H and O–H groups in total. The zero-order chi connectivity index (χ0) is 25.5. The van der Waals surface area contributed by atoms with Gasteiger partial charge in [-0.3, -0.25) is 9.69 Å². The van der Waals surface area contributed by atoms with Gasteiger partial charge in [0.15, 0.2) is 0 Å². The summed E-state index contributed by atoms with van der Waals surface area (Å²) in [6, 6.07) is 15.5. The second-order valence-corrected chi connectivity index (χ2v) is 11.0. The van der Waals surface area contributed by atoms with Crippen LogP contribution in [0.15, 0.2) is 65.8 Å². The van der Waals surface area contributed by atoms with Crippen molar-refractivity contribution in [2.24, 2.45) is 5.73 Å². The van der Waals surface area contributed by atoms with E-state index in [4.69, 9.17) is 22.1 Å². The van der Waals surface area contributed by atoms with Gasteiger partial charge in [0.05, 0.1) is 22.4 Å². The van der Waals surface area contributed by atoms with Gasteiger partial charge in [-0.15, -0.1) is 0 Å². The van der Waals surface area contributed by atoms with E-state index in [-0.39, 0.29) is 24.0 Å². The van der Waals surface area contributed by atoms with Crippen molar-refractivity contribution in [1.82, 2.24) is 15.6 Å². The van der Waals surface area contributed by atoms with Crippen LogP contribution in [-0.2, 0) is 4.79 Å². The summed E-state index contributed by atoms with van der Waals surface area (Å²) < 4.78 is 5.89.